The van der Waals surface area contributed by atoms with Gasteiger partial charge in [-0.1, -0.05) is 31.9 Å². The van der Waals surface area contributed by atoms with Gasteiger partial charge in [0.1, 0.15) is 12.4 Å². The molecule has 0 heterocycles. The average molecular weight is 368 g/mol. The Morgan fingerprint density at radius 2 is 1.94 bits per heavy atom. The van der Waals surface area contributed by atoms with Crippen molar-refractivity contribution in [3.63, 3.8) is 0 Å². The van der Waals surface area contributed by atoms with Crippen LogP contribution in [0.3, 0.4) is 0 Å². The molecular formula is C12H16Br2O3. The zero-order valence-electron chi connectivity index (χ0n) is 9.70. The van der Waals surface area contributed by atoms with Gasteiger partial charge < -0.3 is 14.2 Å². The monoisotopic (exact) mass is 366 g/mol. The van der Waals surface area contributed by atoms with Crippen molar-refractivity contribution in [2.75, 3.05) is 25.2 Å². The maximum Gasteiger partial charge on any atom is 0.223 e. The summed E-state index contributed by atoms with van der Waals surface area (Å²) in [6, 6.07) is 7.64. The predicted octanol–water partition coefficient (Wildman–Crippen LogP) is 3.60. The van der Waals surface area contributed by atoms with Crippen molar-refractivity contribution in [3.05, 3.63) is 28.7 Å². The lowest BCUT2D eigenvalue weighted by Crippen LogP contribution is -2.27. The highest BCUT2D eigenvalue weighted by Crippen LogP contribution is 2.17. The molecule has 0 spiro atoms. The summed E-state index contributed by atoms with van der Waals surface area (Å²) in [6.45, 7) is 3.60. The van der Waals surface area contributed by atoms with Crippen LogP contribution < -0.4 is 4.74 Å². The Morgan fingerprint density at radius 3 is 2.53 bits per heavy atom. The van der Waals surface area contributed by atoms with Crippen LogP contribution in [-0.2, 0) is 9.47 Å². The number of hydrogen-bond acceptors (Lipinski definition) is 3. The third-order valence-electron chi connectivity index (χ3n) is 1.91. The van der Waals surface area contributed by atoms with E-state index in [1.807, 2.05) is 31.2 Å². The first-order valence-corrected chi connectivity index (χ1v) is 7.35. The molecule has 0 aliphatic carbocycles. The average Bonchev–Trinajstić information content (AvgIpc) is 2.32. The third-order valence-corrected chi connectivity index (χ3v) is 2.76. The van der Waals surface area contributed by atoms with E-state index in [9.17, 15) is 0 Å². The van der Waals surface area contributed by atoms with Crippen LogP contribution in [0.1, 0.15) is 6.92 Å². The van der Waals surface area contributed by atoms with E-state index in [0.717, 1.165) is 15.6 Å². The number of benzene rings is 1. The van der Waals surface area contributed by atoms with E-state index in [-0.39, 0.29) is 6.29 Å². The smallest absolute Gasteiger partial charge is 0.223 e. The molecule has 96 valence electrons. The summed E-state index contributed by atoms with van der Waals surface area (Å²) in [7, 11) is 0. The fourth-order valence-electron chi connectivity index (χ4n) is 1.20. The Labute approximate surface area is 119 Å². The number of hydrogen-bond donors (Lipinski definition) is 0. The normalized spacial score (nSPS) is 12.4. The quantitative estimate of drug-likeness (QED) is 0.399. The van der Waals surface area contributed by atoms with Gasteiger partial charge in [0.25, 0.3) is 0 Å². The van der Waals surface area contributed by atoms with Crippen LogP contribution in [0.25, 0.3) is 0 Å². The summed E-state index contributed by atoms with van der Waals surface area (Å²) in [4.78, 5) is 0. The molecule has 0 fully saturated rings. The molecule has 1 atom stereocenters. The molecule has 0 radical (unpaired) electrons. The Bertz CT molecular complexity index is 303. The lowest BCUT2D eigenvalue weighted by Gasteiger charge is -2.18. The van der Waals surface area contributed by atoms with Crippen LogP contribution >= 0.6 is 31.9 Å². The molecule has 3 nitrogen and oxygen atoms in total. The van der Waals surface area contributed by atoms with E-state index in [4.69, 9.17) is 14.2 Å². The van der Waals surface area contributed by atoms with E-state index in [1.165, 1.54) is 0 Å². The Morgan fingerprint density at radius 1 is 1.24 bits per heavy atom. The molecule has 17 heavy (non-hydrogen) atoms. The largest absolute Gasteiger partial charge is 0.462 e. The maximum absolute atomic E-state index is 5.67. The van der Waals surface area contributed by atoms with E-state index in [0.29, 0.717) is 19.8 Å². The van der Waals surface area contributed by atoms with Crippen molar-refractivity contribution in [1.82, 2.24) is 0 Å². The molecule has 5 heteroatoms. The molecule has 1 unspecified atom stereocenters. The topological polar surface area (TPSA) is 27.7 Å². The first kappa shape index (κ1) is 15.0. The van der Waals surface area contributed by atoms with Crippen molar-refractivity contribution in [2.45, 2.75) is 13.2 Å². The van der Waals surface area contributed by atoms with E-state index in [2.05, 4.69) is 31.9 Å². The summed E-state index contributed by atoms with van der Waals surface area (Å²) in [5, 5.41) is 0.810. The second-order valence-electron chi connectivity index (χ2n) is 3.22. The number of halogens is 2. The van der Waals surface area contributed by atoms with Gasteiger partial charge in [0.15, 0.2) is 0 Å². The zero-order valence-corrected chi connectivity index (χ0v) is 12.9. The Kier molecular flexibility index (Phi) is 7.84. The van der Waals surface area contributed by atoms with Gasteiger partial charge in [0.05, 0.1) is 6.61 Å². The highest BCUT2D eigenvalue weighted by Gasteiger charge is 2.10. The molecule has 0 aliphatic heterocycles. The zero-order chi connectivity index (χ0) is 12.5. The van der Waals surface area contributed by atoms with E-state index in [1.54, 1.807) is 0 Å². The molecule has 0 N–H and O–H groups in total. The van der Waals surface area contributed by atoms with E-state index >= 15 is 0 Å². The van der Waals surface area contributed by atoms with Crippen LogP contribution in [0.5, 0.6) is 5.75 Å². The number of alkyl halides is 1. The van der Waals surface area contributed by atoms with Gasteiger partial charge >= 0.3 is 0 Å². The molecule has 1 aromatic carbocycles. The lowest BCUT2D eigenvalue weighted by molar-refractivity contribution is -0.116. The van der Waals surface area contributed by atoms with Crippen LogP contribution in [-0.4, -0.2) is 31.4 Å². The minimum atomic E-state index is -0.361. The predicted molar refractivity (Wildman–Crippen MR) is 74.8 cm³/mol. The van der Waals surface area contributed by atoms with Crippen LogP contribution in [0.2, 0.25) is 0 Å². The second-order valence-corrected chi connectivity index (χ2v) is 4.93. The van der Waals surface area contributed by atoms with Gasteiger partial charge in [-0.15, -0.1) is 0 Å². The standard InChI is InChI=1S/C12H16Br2O3/c1-2-16-12(9-15-8-7-13)17-11-5-3-10(14)4-6-11/h3-6,12H,2,7-9H2,1H3. The molecule has 0 saturated carbocycles. The first-order valence-electron chi connectivity index (χ1n) is 5.43. The third kappa shape index (κ3) is 6.41. The van der Waals surface area contributed by atoms with Gasteiger partial charge in [0.2, 0.25) is 6.29 Å². The summed E-state index contributed by atoms with van der Waals surface area (Å²) < 4.78 is 17.5. The summed E-state index contributed by atoms with van der Waals surface area (Å²) in [5.74, 6) is 0.772. The summed E-state index contributed by atoms with van der Waals surface area (Å²) in [5.41, 5.74) is 0. The molecule has 0 bridgehead atoms. The minimum Gasteiger partial charge on any atom is -0.462 e. The molecule has 0 saturated heterocycles. The van der Waals surface area contributed by atoms with Gasteiger partial charge in [0, 0.05) is 16.4 Å². The summed E-state index contributed by atoms with van der Waals surface area (Å²) >= 11 is 6.68. The van der Waals surface area contributed by atoms with Crippen molar-refractivity contribution in [2.24, 2.45) is 0 Å². The fourth-order valence-corrected chi connectivity index (χ4v) is 1.69. The van der Waals surface area contributed by atoms with Gasteiger partial charge in [-0.25, -0.2) is 0 Å². The van der Waals surface area contributed by atoms with Gasteiger partial charge in [-0.2, -0.15) is 0 Å². The minimum absolute atomic E-state index is 0.361. The van der Waals surface area contributed by atoms with Crippen LogP contribution in [0.4, 0.5) is 0 Å². The molecular weight excluding hydrogens is 352 g/mol. The van der Waals surface area contributed by atoms with Crippen molar-refractivity contribution in [1.29, 1.82) is 0 Å². The maximum atomic E-state index is 5.67. The molecule has 0 amide bonds. The Hall–Kier alpha value is -0.100. The SMILES string of the molecule is CCOC(COCCBr)Oc1ccc(Br)cc1. The van der Waals surface area contributed by atoms with Gasteiger partial charge in [-0.05, 0) is 31.2 Å². The molecule has 1 aromatic rings. The Balaban J connectivity index is 2.44. The van der Waals surface area contributed by atoms with Crippen molar-refractivity contribution < 1.29 is 14.2 Å². The highest BCUT2D eigenvalue weighted by molar-refractivity contribution is 9.10. The first-order chi connectivity index (χ1) is 8.26. The van der Waals surface area contributed by atoms with Crippen molar-refractivity contribution in [3.8, 4) is 5.75 Å². The highest BCUT2D eigenvalue weighted by atomic mass is 79.9. The number of rotatable bonds is 8. The number of ether oxygens (including phenoxy) is 3. The van der Waals surface area contributed by atoms with Crippen LogP contribution in [0.15, 0.2) is 28.7 Å². The molecule has 0 aliphatic rings. The fraction of sp³-hybridized carbons (Fsp3) is 0.500. The van der Waals surface area contributed by atoms with Gasteiger partial charge in [-0.3, -0.25) is 0 Å². The van der Waals surface area contributed by atoms with Crippen LogP contribution in [0, 0.1) is 0 Å². The van der Waals surface area contributed by atoms with Crippen molar-refractivity contribution >= 4 is 31.9 Å². The van der Waals surface area contributed by atoms with E-state index < -0.39 is 0 Å². The lowest BCUT2D eigenvalue weighted by atomic mass is 10.3. The summed E-state index contributed by atoms with van der Waals surface area (Å²) in [6.07, 6.45) is -0.361. The second kappa shape index (κ2) is 8.91. The molecule has 0 aromatic heterocycles. The molecule has 1 rings (SSSR count).